The van der Waals surface area contributed by atoms with E-state index >= 15 is 0 Å². The molecule has 1 rings (SSSR count). The van der Waals surface area contributed by atoms with Crippen molar-refractivity contribution in [2.45, 2.75) is 39.7 Å². The third kappa shape index (κ3) is 5.69. The molecule has 1 aromatic heterocycles. The van der Waals surface area contributed by atoms with Gasteiger partial charge >= 0.3 is 5.97 Å². The first-order valence-corrected chi connectivity index (χ1v) is 6.79. The normalized spacial score (nSPS) is 13.0. The van der Waals surface area contributed by atoms with E-state index in [2.05, 4.69) is 10.3 Å². The molecule has 0 radical (unpaired) electrons. The first kappa shape index (κ1) is 15.4. The minimum Gasteiger partial charge on any atom is -0.481 e. The molecule has 7 heteroatoms. The standard InChI is InChI=1S/C12H19N3O3S/c1-12(2,3)5-7(4-9(16)17)14-10(18)8-6-19-11(13)15-8/h6-7H,4-5H2,1-3H3,(H2,13,15)(H,14,18)(H,16,17). The Morgan fingerprint density at radius 2 is 2.16 bits per heavy atom. The fourth-order valence-corrected chi connectivity index (χ4v) is 2.32. The maximum atomic E-state index is 11.9. The number of nitrogen functional groups attached to an aromatic ring is 1. The highest BCUT2D eigenvalue weighted by atomic mass is 32.1. The molecule has 1 heterocycles. The molecule has 0 aromatic carbocycles. The Kier molecular flexibility index (Phi) is 4.88. The fraction of sp³-hybridized carbons (Fsp3) is 0.583. The second-order valence-corrected chi connectivity index (χ2v) is 6.49. The highest BCUT2D eigenvalue weighted by Crippen LogP contribution is 2.22. The number of thiazole rings is 1. The molecule has 4 N–H and O–H groups in total. The number of carbonyl (C=O) groups is 2. The highest BCUT2D eigenvalue weighted by Gasteiger charge is 2.23. The van der Waals surface area contributed by atoms with E-state index in [0.29, 0.717) is 11.6 Å². The number of aromatic nitrogens is 1. The van der Waals surface area contributed by atoms with E-state index in [1.54, 1.807) is 5.38 Å². The van der Waals surface area contributed by atoms with Gasteiger partial charge in [-0.1, -0.05) is 20.8 Å². The minimum atomic E-state index is -0.938. The summed E-state index contributed by atoms with van der Waals surface area (Å²) in [5, 5.41) is 13.5. The van der Waals surface area contributed by atoms with Gasteiger partial charge < -0.3 is 16.2 Å². The zero-order valence-electron chi connectivity index (χ0n) is 11.3. The van der Waals surface area contributed by atoms with Crippen molar-refractivity contribution < 1.29 is 14.7 Å². The summed E-state index contributed by atoms with van der Waals surface area (Å²) < 4.78 is 0. The first-order chi connectivity index (χ1) is 8.67. The molecule has 0 saturated heterocycles. The van der Waals surface area contributed by atoms with Crippen LogP contribution in [0, 0.1) is 5.41 Å². The number of amides is 1. The Morgan fingerprint density at radius 1 is 1.53 bits per heavy atom. The van der Waals surface area contributed by atoms with Crippen LogP contribution in [0.5, 0.6) is 0 Å². The lowest BCUT2D eigenvalue weighted by Gasteiger charge is -2.25. The summed E-state index contributed by atoms with van der Waals surface area (Å²) in [5.74, 6) is -1.32. The summed E-state index contributed by atoms with van der Waals surface area (Å²) >= 11 is 1.18. The molecule has 1 aromatic rings. The van der Waals surface area contributed by atoms with Crippen molar-refractivity contribution in [3.63, 3.8) is 0 Å². The van der Waals surface area contributed by atoms with Crippen molar-refractivity contribution in [2.24, 2.45) is 5.41 Å². The van der Waals surface area contributed by atoms with E-state index < -0.39 is 12.0 Å². The molecular weight excluding hydrogens is 266 g/mol. The number of hydrogen-bond acceptors (Lipinski definition) is 5. The average molecular weight is 285 g/mol. The van der Waals surface area contributed by atoms with Crippen LogP contribution in [-0.2, 0) is 4.79 Å². The van der Waals surface area contributed by atoms with Gasteiger partial charge in [0, 0.05) is 11.4 Å². The van der Waals surface area contributed by atoms with Gasteiger partial charge in [0.1, 0.15) is 5.69 Å². The van der Waals surface area contributed by atoms with E-state index in [4.69, 9.17) is 10.8 Å². The Bertz CT molecular complexity index is 465. The number of carboxylic acids is 1. The van der Waals surface area contributed by atoms with Crippen LogP contribution >= 0.6 is 11.3 Å². The number of nitrogens with two attached hydrogens (primary N) is 1. The molecule has 0 aliphatic rings. The minimum absolute atomic E-state index is 0.0749. The molecule has 6 nitrogen and oxygen atoms in total. The SMILES string of the molecule is CC(C)(C)CC(CC(=O)O)NC(=O)c1csc(N)n1. The van der Waals surface area contributed by atoms with Gasteiger partial charge in [-0.05, 0) is 11.8 Å². The van der Waals surface area contributed by atoms with Crippen molar-refractivity contribution >= 4 is 28.3 Å². The summed E-state index contributed by atoms with van der Waals surface area (Å²) in [4.78, 5) is 26.6. The largest absolute Gasteiger partial charge is 0.481 e. The van der Waals surface area contributed by atoms with Gasteiger partial charge in [-0.25, -0.2) is 4.98 Å². The number of nitrogens with zero attached hydrogens (tertiary/aromatic N) is 1. The Hall–Kier alpha value is -1.63. The zero-order chi connectivity index (χ0) is 14.6. The van der Waals surface area contributed by atoms with Crippen LogP contribution in [0.25, 0.3) is 0 Å². The molecular formula is C12H19N3O3S. The average Bonchev–Trinajstić information content (AvgIpc) is 2.60. The molecule has 0 aliphatic heterocycles. The monoisotopic (exact) mass is 285 g/mol. The van der Waals surface area contributed by atoms with Crippen LogP contribution in [0.2, 0.25) is 0 Å². The van der Waals surface area contributed by atoms with E-state index in [1.165, 1.54) is 11.3 Å². The summed E-state index contributed by atoms with van der Waals surface area (Å²) in [6, 6.07) is -0.423. The number of aliphatic carboxylic acids is 1. The summed E-state index contributed by atoms with van der Waals surface area (Å²) in [7, 11) is 0. The summed E-state index contributed by atoms with van der Waals surface area (Å²) in [6.45, 7) is 5.98. The molecule has 0 aliphatic carbocycles. The van der Waals surface area contributed by atoms with Crippen LogP contribution < -0.4 is 11.1 Å². The van der Waals surface area contributed by atoms with E-state index in [9.17, 15) is 9.59 Å². The van der Waals surface area contributed by atoms with Gasteiger partial charge in [0.05, 0.1) is 6.42 Å². The van der Waals surface area contributed by atoms with Gasteiger partial charge in [-0.15, -0.1) is 11.3 Å². The molecule has 19 heavy (non-hydrogen) atoms. The van der Waals surface area contributed by atoms with Crippen LogP contribution in [0.15, 0.2) is 5.38 Å². The predicted octanol–water partition coefficient (Wildman–Crippen LogP) is 1.73. The second-order valence-electron chi connectivity index (χ2n) is 5.60. The number of carbonyl (C=O) groups excluding carboxylic acids is 1. The number of nitrogens with one attached hydrogen (secondary N) is 1. The van der Waals surface area contributed by atoms with Gasteiger partial charge in [-0.2, -0.15) is 0 Å². The number of anilines is 1. The maximum absolute atomic E-state index is 11.9. The lowest BCUT2D eigenvalue weighted by atomic mass is 9.87. The third-order valence-electron chi connectivity index (χ3n) is 2.37. The fourth-order valence-electron chi connectivity index (χ4n) is 1.78. The van der Waals surface area contributed by atoms with Crippen LogP contribution in [-0.4, -0.2) is 28.0 Å². The van der Waals surface area contributed by atoms with Crippen molar-refractivity contribution in [3.05, 3.63) is 11.1 Å². The van der Waals surface area contributed by atoms with E-state index in [-0.39, 0.29) is 23.4 Å². The summed E-state index contributed by atoms with van der Waals surface area (Å²) in [5.41, 5.74) is 5.62. The zero-order valence-corrected chi connectivity index (χ0v) is 12.1. The summed E-state index contributed by atoms with van der Waals surface area (Å²) in [6.07, 6.45) is 0.466. The number of rotatable bonds is 5. The van der Waals surface area contributed by atoms with Gasteiger partial charge in [0.15, 0.2) is 5.13 Å². The third-order valence-corrected chi connectivity index (χ3v) is 3.04. The van der Waals surface area contributed by atoms with Crippen LogP contribution in [0.3, 0.4) is 0 Å². The first-order valence-electron chi connectivity index (χ1n) is 5.91. The second kappa shape index (κ2) is 6.01. The molecule has 0 fully saturated rings. The highest BCUT2D eigenvalue weighted by molar-refractivity contribution is 7.13. The van der Waals surface area contributed by atoms with Gasteiger partial charge in [0.2, 0.25) is 0 Å². The maximum Gasteiger partial charge on any atom is 0.305 e. The number of carboxylic acid groups (broad SMARTS) is 1. The Labute approximate surface area is 116 Å². The number of hydrogen-bond donors (Lipinski definition) is 3. The topological polar surface area (TPSA) is 105 Å². The molecule has 0 bridgehead atoms. The predicted molar refractivity (Wildman–Crippen MR) is 74.1 cm³/mol. The molecule has 0 spiro atoms. The quantitative estimate of drug-likeness (QED) is 0.764. The van der Waals surface area contributed by atoms with Crippen LogP contribution in [0.1, 0.15) is 44.1 Å². The molecule has 1 unspecified atom stereocenters. The molecule has 106 valence electrons. The van der Waals surface area contributed by atoms with Crippen LogP contribution in [0.4, 0.5) is 5.13 Å². The molecule has 0 saturated carbocycles. The lowest BCUT2D eigenvalue weighted by Crippen LogP contribution is -2.39. The van der Waals surface area contributed by atoms with E-state index in [1.807, 2.05) is 20.8 Å². The van der Waals surface area contributed by atoms with Crippen molar-refractivity contribution in [1.82, 2.24) is 10.3 Å². The Morgan fingerprint density at radius 3 is 2.58 bits per heavy atom. The van der Waals surface area contributed by atoms with E-state index in [0.717, 1.165) is 0 Å². The van der Waals surface area contributed by atoms with Crippen molar-refractivity contribution in [2.75, 3.05) is 5.73 Å². The molecule has 1 atom stereocenters. The molecule has 1 amide bonds. The Balaban J connectivity index is 2.71. The van der Waals surface area contributed by atoms with Gasteiger partial charge in [0.25, 0.3) is 5.91 Å². The smallest absolute Gasteiger partial charge is 0.305 e. The van der Waals surface area contributed by atoms with Crippen molar-refractivity contribution in [1.29, 1.82) is 0 Å². The lowest BCUT2D eigenvalue weighted by molar-refractivity contribution is -0.137. The van der Waals surface area contributed by atoms with Crippen molar-refractivity contribution in [3.8, 4) is 0 Å². The van der Waals surface area contributed by atoms with Gasteiger partial charge in [-0.3, -0.25) is 9.59 Å².